The molecule has 1 aromatic carbocycles. The molecule has 116 valence electrons. The smallest absolute Gasteiger partial charge is 0.305 e. The number of benzene rings is 1. The summed E-state index contributed by atoms with van der Waals surface area (Å²) >= 11 is 6.14. The first-order chi connectivity index (χ1) is 10.1. The highest BCUT2D eigenvalue weighted by Gasteiger charge is 2.17. The number of nitrogens with zero attached hydrogens (tertiary/aromatic N) is 1. The highest BCUT2D eigenvalue weighted by Crippen LogP contribution is 2.32. The minimum atomic E-state index is -0.177. The molecule has 2 rings (SSSR count). The molecule has 0 atom stereocenters. The molecule has 0 unspecified atom stereocenters. The summed E-state index contributed by atoms with van der Waals surface area (Å²) in [5.41, 5.74) is 2.02. The third-order valence-electron chi connectivity index (χ3n) is 3.34. The van der Waals surface area contributed by atoms with Crippen LogP contribution in [0.3, 0.4) is 0 Å². The maximum atomic E-state index is 11.1. The van der Waals surface area contributed by atoms with Crippen LogP contribution < -0.4 is 4.74 Å². The molecule has 0 amide bonds. The van der Waals surface area contributed by atoms with Crippen LogP contribution >= 0.6 is 11.6 Å². The van der Waals surface area contributed by atoms with E-state index in [4.69, 9.17) is 21.1 Å². The molecule has 0 radical (unpaired) electrons. The zero-order chi connectivity index (χ0) is 15.2. The van der Waals surface area contributed by atoms with Gasteiger partial charge in [0.15, 0.2) is 6.79 Å². The Labute approximate surface area is 129 Å². The number of esters is 1. The zero-order valence-electron chi connectivity index (χ0n) is 12.4. The lowest BCUT2D eigenvalue weighted by Crippen LogP contribution is -2.22. The van der Waals surface area contributed by atoms with Crippen molar-refractivity contribution in [1.82, 2.24) is 4.90 Å². The Balaban J connectivity index is 1.95. The number of fused-ring (bicyclic) bond motifs is 1. The molecule has 21 heavy (non-hydrogen) atoms. The summed E-state index contributed by atoms with van der Waals surface area (Å²) < 4.78 is 15.5. The van der Waals surface area contributed by atoms with Crippen LogP contribution in [0.25, 0.3) is 0 Å². The number of hydrogen-bond acceptors (Lipinski definition) is 5. The number of carbonyl (C=O) groups excluding carboxylic acids is 1. The highest BCUT2D eigenvalue weighted by atomic mass is 35.5. The first kappa shape index (κ1) is 16.1. The Hall–Kier alpha value is -1.30. The van der Waals surface area contributed by atoms with Crippen molar-refractivity contribution in [2.45, 2.75) is 26.0 Å². The number of rotatable bonds is 6. The van der Waals surface area contributed by atoms with Crippen LogP contribution in [0, 0.1) is 0 Å². The van der Waals surface area contributed by atoms with E-state index in [0.29, 0.717) is 24.6 Å². The second-order valence-electron chi connectivity index (χ2n) is 5.08. The van der Waals surface area contributed by atoms with Crippen molar-refractivity contribution in [1.29, 1.82) is 0 Å². The molecule has 1 aliphatic rings. The molecule has 5 nitrogen and oxygen atoms in total. The molecule has 6 heteroatoms. The van der Waals surface area contributed by atoms with E-state index >= 15 is 0 Å². The molecular weight excluding hydrogens is 294 g/mol. The number of hydrogen-bond donors (Lipinski definition) is 0. The lowest BCUT2D eigenvalue weighted by molar-refractivity contribution is -0.140. The van der Waals surface area contributed by atoms with Crippen molar-refractivity contribution < 1.29 is 19.0 Å². The standard InChI is InChI=1S/C15H20ClNO4/c1-17(5-3-4-14(18)19-2)8-11-6-13(16)7-12-9-20-10-21-15(11)12/h6-7H,3-5,8-10H2,1-2H3. The SMILES string of the molecule is COC(=O)CCCN(C)Cc1cc(Cl)cc2c1OCOC2. The van der Waals surface area contributed by atoms with Crippen LogP contribution in [-0.4, -0.2) is 38.4 Å². The predicted molar refractivity (Wildman–Crippen MR) is 79.3 cm³/mol. The Morgan fingerprint density at radius 1 is 1.48 bits per heavy atom. The summed E-state index contributed by atoms with van der Waals surface area (Å²) in [4.78, 5) is 13.2. The molecule has 0 saturated carbocycles. The van der Waals surface area contributed by atoms with Crippen molar-refractivity contribution in [3.05, 3.63) is 28.3 Å². The Morgan fingerprint density at radius 3 is 3.05 bits per heavy atom. The largest absolute Gasteiger partial charge is 0.469 e. The molecule has 0 bridgehead atoms. The van der Waals surface area contributed by atoms with Crippen LogP contribution in [0.15, 0.2) is 12.1 Å². The van der Waals surface area contributed by atoms with Gasteiger partial charge in [-0.1, -0.05) is 11.6 Å². The Kier molecular flexibility index (Phi) is 5.85. The van der Waals surface area contributed by atoms with Gasteiger partial charge in [0.1, 0.15) is 5.75 Å². The van der Waals surface area contributed by atoms with Gasteiger partial charge in [-0.15, -0.1) is 0 Å². The van der Waals surface area contributed by atoms with E-state index in [0.717, 1.165) is 29.8 Å². The van der Waals surface area contributed by atoms with Gasteiger partial charge >= 0.3 is 5.97 Å². The monoisotopic (exact) mass is 313 g/mol. The minimum Gasteiger partial charge on any atom is -0.469 e. The van der Waals surface area contributed by atoms with Crippen molar-refractivity contribution in [3.8, 4) is 5.75 Å². The van der Waals surface area contributed by atoms with E-state index in [-0.39, 0.29) is 12.8 Å². The minimum absolute atomic E-state index is 0.177. The first-order valence-electron chi connectivity index (χ1n) is 6.87. The molecule has 0 N–H and O–H groups in total. The van der Waals surface area contributed by atoms with Gasteiger partial charge in [0.25, 0.3) is 0 Å². The zero-order valence-corrected chi connectivity index (χ0v) is 13.1. The summed E-state index contributed by atoms with van der Waals surface area (Å²) in [7, 11) is 3.41. The number of methoxy groups -OCH3 is 1. The van der Waals surface area contributed by atoms with Gasteiger partial charge in [0, 0.05) is 29.1 Å². The average Bonchev–Trinajstić information content (AvgIpc) is 2.46. The fraction of sp³-hybridized carbons (Fsp3) is 0.533. The van der Waals surface area contributed by atoms with Gasteiger partial charge in [0.05, 0.1) is 13.7 Å². The second kappa shape index (κ2) is 7.64. The molecule has 0 fully saturated rings. The van der Waals surface area contributed by atoms with Crippen LogP contribution in [0.4, 0.5) is 0 Å². The first-order valence-corrected chi connectivity index (χ1v) is 7.25. The summed E-state index contributed by atoms with van der Waals surface area (Å²) in [6.07, 6.45) is 1.19. The summed E-state index contributed by atoms with van der Waals surface area (Å²) in [5, 5.41) is 0.681. The third-order valence-corrected chi connectivity index (χ3v) is 3.56. The predicted octanol–water partition coefficient (Wildman–Crippen LogP) is 2.59. The molecule has 0 aromatic heterocycles. The van der Waals surface area contributed by atoms with Crippen molar-refractivity contribution in [3.63, 3.8) is 0 Å². The topological polar surface area (TPSA) is 48.0 Å². The quantitative estimate of drug-likeness (QED) is 0.756. The van der Waals surface area contributed by atoms with E-state index in [9.17, 15) is 4.79 Å². The third kappa shape index (κ3) is 4.59. The van der Waals surface area contributed by atoms with Gasteiger partial charge in [-0.05, 0) is 32.1 Å². The van der Waals surface area contributed by atoms with E-state index in [1.54, 1.807) is 0 Å². The normalized spacial score (nSPS) is 13.7. The summed E-state index contributed by atoms with van der Waals surface area (Å²) in [6.45, 7) is 2.31. The maximum Gasteiger partial charge on any atom is 0.305 e. The van der Waals surface area contributed by atoms with Gasteiger partial charge in [-0.25, -0.2) is 0 Å². The molecule has 1 aromatic rings. The Bertz CT molecular complexity index is 507. The lowest BCUT2D eigenvalue weighted by Gasteiger charge is -2.24. The van der Waals surface area contributed by atoms with Crippen LogP contribution in [0.5, 0.6) is 5.75 Å². The van der Waals surface area contributed by atoms with Crippen molar-refractivity contribution >= 4 is 17.6 Å². The maximum absolute atomic E-state index is 11.1. The average molecular weight is 314 g/mol. The highest BCUT2D eigenvalue weighted by molar-refractivity contribution is 6.30. The molecule has 0 aliphatic carbocycles. The van der Waals surface area contributed by atoms with E-state index < -0.39 is 0 Å². The van der Waals surface area contributed by atoms with Crippen LogP contribution in [0.2, 0.25) is 5.02 Å². The number of carbonyl (C=O) groups is 1. The second-order valence-corrected chi connectivity index (χ2v) is 5.52. The lowest BCUT2D eigenvalue weighted by atomic mass is 10.1. The summed E-state index contributed by atoms with van der Waals surface area (Å²) in [5.74, 6) is 0.689. The van der Waals surface area contributed by atoms with Crippen molar-refractivity contribution in [2.24, 2.45) is 0 Å². The molecule has 1 aliphatic heterocycles. The molecular formula is C15H20ClNO4. The van der Waals surface area contributed by atoms with E-state index in [2.05, 4.69) is 9.64 Å². The van der Waals surface area contributed by atoms with Crippen LogP contribution in [0.1, 0.15) is 24.0 Å². The van der Waals surface area contributed by atoms with E-state index in [1.807, 2.05) is 19.2 Å². The molecule has 1 heterocycles. The number of ether oxygens (including phenoxy) is 3. The Morgan fingerprint density at radius 2 is 2.29 bits per heavy atom. The number of halogens is 1. The van der Waals surface area contributed by atoms with Crippen molar-refractivity contribution in [2.75, 3.05) is 27.5 Å². The summed E-state index contributed by atoms with van der Waals surface area (Å²) in [6, 6.07) is 3.79. The fourth-order valence-electron chi connectivity index (χ4n) is 2.34. The van der Waals surface area contributed by atoms with Gasteiger partial charge in [0.2, 0.25) is 0 Å². The van der Waals surface area contributed by atoms with Crippen LogP contribution in [-0.2, 0) is 27.4 Å². The van der Waals surface area contributed by atoms with Gasteiger partial charge < -0.3 is 19.1 Å². The van der Waals surface area contributed by atoms with E-state index in [1.165, 1.54) is 7.11 Å². The van der Waals surface area contributed by atoms with Gasteiger partial charge in [-0.2, -0.15) is 0 Å². The fourth-order valence-corrected chi connectivity index (χ4v) is 2.60. The van der Waals surface area contributed by atoms with Gasteiger partial charge in [-0.3, -0.25) is 4.79 Å². The molecule has 0 spiro atoms. The molecule has 0 saturated heterocycles.